The molecule has 1 aliphatic heterocycles. The fourth-order valence-electron chi connectivity index (χ4n) is 2.74. The lowest BCUT2D eigenvalue weighted by Gasteiger charge is -2.19. The van der Waals surface area contributed by atoms with Crippen LogP contribution in [0.2, 0.25) is 0 Å². The third-order valence-electron chi connectivity index (χ3n) is 4.10. The minimum Gasteiger partial charge on any atom is -0.324 e. The minimum atomic E-state index is -0.284. The van der Waals surface area contributed by atoms with E-state index < -0.39 is 0 Å². The molecule has 2 aromatic carbocycles. The van der Waals surface area contributed by atoms with Crippen LogP contribution >= 0.6 is 24.2 Å². The molecule has 6 heteroatoms. The lowest BCUT2D eigenvalue weighted by molar-refractivity contribution is -0.115. The van der Waals surface area contributed by atoms with Gasteiger partial charge >= 0.3 is 0 Å². The zero-order valence-corrected chi connectivity index (χ0v) is 15.7. The molecule has 25 heavy (non-hydrogen) atoms. The molecule has 134 valence electrons. The summed E-state index contributed by atoms with van der Waals surface area (Å²) in [5.74, 6) is 0.238. The van der Waals surface area contributed by atoms with E-state index in [9.17, 15) is 9.18 Å². The smallest absolute Gasteiger partial charge is 0.225 e. The number of hydrogen-bond acceptors (Lipinski definition) is 3. The Bertz CT molecular complexity index is 737. The molecule has 0 fully saturated rings. The first-order valence-corrected chi connectivity index (χ1v) is 9.12. The van der Waals surface area contributed by atoms with E-state index >= 15 is 0 Å². The molecule has 0 aromatic heterocycles. The number of fused-ring (bicyclic) bond motifs is 1. The van der Waals surface area contributed by atoms with Crippen LogP contribution in [0.4, 0.5) is 10.1 Å². The Kier molecular flexibility index (Phi) is 7.29. The van der Waals surface area contributed by atoms with Gasteiger partial charge in [0.05, 0.1) is 5.69 Å². The molecule has 0 unspecified atom stereocenters. The Morgan fingerprint density at radius 2 is 2.00 bits per heavy atom. The standard InChI is InChI=1S/C19H21FN2OS.ClH/c1-13-2-5-15(6-3-13)24-11-9-18(23)22-17-7-4-14-12-21-10-8-16(14)19(17)20;/h2-7,21H,8-12H2,1H3,(H,22,23);1H. The molecule has 1 heterocycles. The van der Waals surface area contributed by atoms with Crippen LogP contribution in [0.5, 0.6) is 0 Å². The van der Waals surface area contributed by atoms with Gasteiger partial charge in [-0.05, 0) is 49.2 Å². The van der Waals surface area contributed by atoms with Gasteiger partial charge in [-0.3, -0.25) is 4.79 Å². The predicted molar refractivity (Wildman–Crippen MR) is 104 cm³/mol. The first kappa shape index (κ1) is 19.8. The fourth-order valence-corrected chi connectivity index (χ4v) is 3.59. The van der Waals surface area contributed by atoms with Gasteiger partial charge in [-0.25, -0.2) is 4.39 Å². The van der Waals surface area contributed by atoms with Gasteiger partial charge in [-0.15, -0.1) is 24.2 Å². The molecule has 3 nitrogen and oxygen atoms in total. The van der Waals surface area contributed by atoms with Gasteiger partial charge in [0.15, 0.2) is 0 Å². The Labute approximate surface area is 158 Å². The molecule has 0 saturated carbocycles. The number of carbonyl (C=O) groups excluding carboxylic acids is 1. The van der Waals surface area contributed by atoms with Gasteiger partial charge in [0.1, 0.15) is 5.82 Å². The molecule has 0 atom stereocenters. The van der Waals surface area contributed by atoms with Gasteiger partial charge in [-0.2, -0.15) is 0 Å². The summed E-state index contributed by atoms with van der Waals surface area (Å²) in [5.41, 5.74) is 3.21. The highest BCUT2D eigenvalue weighted by atomic mass is 35.5. The Morgan fingerprint density at radius 1 is 1.24 bits per heavy atom. The van der Waals surface area contributed by atoms with Crippen molar-refractivity contribution in [3.05, 3.63) is 58.9 Å². The van der Waals surface area contributed by atoms with Crippen LogP contribution in [0, 0.1) is 12.7 Å². The number of anilines is 1. The number of aryl methyl sites for hydroxylation is 1. The molecule has 0 spiro atoms. The number of thioether (sulfide) groups is 1. The molecular formula is C19H22ClFN2OS. The van der Waals surface area contributed by atoms with Crippen molar-refractivity contribution in [1.29, 1.82) is 0 Å². The quantitative estimate of drug-likeness (QED) is 0.759. The van der Waals surface area contributed by atoms with Crippen LogP contribution in [0.3, 0.4) is 0 Å². The molecule has 2 aromatic rings. The second kappa shape index (κ2) is 9.22. The summed E-state index contributed by atoms with van der Waals surface area (Å²) in [5, 5.41) is 5.93. The van der Waals surface area contributed by atoms with Crippen molar-refractivity contribution in [2.45, 2.75) is 31.2 Å². The molecular weight excluding hydrogens is 359 g/mol. The molecule has 2 N–H and O–H groups in total. The van der Waals surface area contributed by atoms with E-state index in [1.165, 1.54) is 5.56 Å². The first-order chi connectivity index (χ1) is 11.6. The Morgan fingerprint density at radius 3 is 2.76 bits per heavy atom. The van der Waals surface area contributed by atoms with Gasteiger partial charge in [0, 0.05) is 23.6 Å². The average molecular weight is 381 g/mol. The molecule has 3 rings (SSSR count). The van der Waals surface area contributed by atoms with Crippen molar-refractivity contribution in [2.24, 2.45) is 0 Å². The number of halogens is 2. The lowest BCUT2D eigenvalue weighted by atomic mass is 9.99. The minimum absolute atomic E-state index is 0. The molecule has 0 bridgehead atoms. The van der Waals surface area contributed by atoms with Gasteiger partial charge in [0.2, 0.25) is 5.91 Å². The van der Waals surface area contributed by atoms with Crippen molar-refractivity contribution in [3.63, 3.8) is 0 Å². The fraction of sp³-hybridized carbons (Fsp3) is 0.316. The van der Waals surface area contributed by atoms with E-state index in [2.05, 4.69) is 34.9 Å². The molecule has 0 saturated heterocycles. The summed E-state index contributed by atoms with van der Waals surface area (Å²) in [4.78, 5) is 13.2. The third-order valence-corrected chi connectivity index (χ3v) is 5.11. The summed E-state index contributed by atoms with van der Waals surface area (Å²) >= 11 is 1.63. The van der Waals surface area contributed by atoms with Crippen molar-refractivity contribution >= 4 is 35.8 Å². The van der Waals surface area contributed by atoms with Crippen LogP contribution in [0.15, 0.2) is 41.3 Å². The van der Waals surface area contributed by atoms with Crippen molar-refractivity contribution in [2.75, 3.05) is 17.6 Å². The van der Waals surface area contributed by atoms with Crippen molar-refractivity contribution in [3.8, 4) is 0 Å². The van der Waals surface area contributed by atoms with Crippen LogP contribution in [-0.4, -0.2) is 18.2 Å². The molecule has 0 aliphatic carbocycles. The summed E-state index contributed by atoms with van der Waals surface area (Å²) < 4.78 is 14.5. The monoisotopic (exact) mass is 380 g/mol. The SMILES string of the molecule is Cc1ccc(SCCC(=O)Nc2ccc3c(c2F)CCNC3)cc1.Cl. The zero-order chi connectivity index (χ0) is 16.9. The molecule has 1 amide bonds. The van der Waals surface area contributed by atoms with Crippen molar-refractivity contribution in [1.82, 2.24) is 5.32 Å². The lowest BCUT2D eigenvalue weighted by Crippen LogP contribution is -2.25. The predicted octanol–water partition coefficient (Wildman–Crippen LogP) is 4.32. The second-order valence-corrected chi connectivity index (χ2v) is 7.12. The summed E-state index contributed by atoms with van der Waals surface area (Å²) in [6.07, 6.45) is 1.02. The second-order valence-electron chi connectivity index (χ2n) is 5.95. The number of rotatable bonds is 5. The van der Waals surface area contributed by atoms with Gasteiger partial charge in [-0.1, -0.05) is 23.8 Å². The maximum Gasteiger partial charge on any atom is 0.225 e. The van der Waals surface area contributed by atoms with Crippen LogP contribution in [0.25, 0.3) is 0 Å². The van der Waals surface area contributed by atoms with E-state index in [0.717, 1.165) is 22.6 Å². The van der Waals surface area contributed by atoms with Gasteiger partial charge < -0.3 is 10.6 Å². The number of nitrogens with one attached hydrogen (secondary N) is 2. The highest BCUT2D eigenvalue weighted by Crippen LogP contribution is 2.25. The molecule has 1 aliphatic rings. The highest BCUT2D eigenvalue weighted by molar-refractivity contribution is 7.99. The number of benzene rings is 2. The van der Waals surface area contributed by atoms with E-state index in [1.807, 2.05) is 13.0 Å². The number of hydrogen-bond donors (Lipinski definition) is 2. The summed E-state index contributed by atoms with van der Waals surface area (Å²) in [6.45, 7) is 3.51. The normalized spacial score (nSPS) is 12.9. The summed E-state index contributed by atoms with van der Waals surface area (Å²) in [6, 6.07) is 11.8. The Balaban J connectivity index is 0.00000225. The van der Waals surface area contributed by atoms with E-state index in [1.54, 1.807) is 17.8 Å². The van der Waals surface area contributed by atoms with Gasteiger partial charge in [0.25, 0.3) is 0 Å². The zero-order valence-electron chi connectivity index (χ0n) is 14.1. The number of amides is 1. The first-order valence-electron chi connectivity index (χ1n) is 8.14. The van der Waals surface area contributed by atoms with Crippen LogP contribution < -0.4 is 10.6 Å². The average Bonchev–Trinajstić information content (AvgIpc) is 2.59. The van der Waals surface area contributed by atoms with Crippen LogP contribution in [0.1, 0.15) is 23.1 Å². The van der Waals surface area contributed by atoms with Crippen LogP contribution in [-0.2, 0) is 17.8 Å². The van der Waals surface area contributed by atoms with E-state index in [4.69, 9.17) is 0 Å². The summed E-state index contributed by atoms with van der Waals surface area (Å²) in [7, 11) is 0. The highest BCUT2D eigenvalue weighted by Gasteiger charge is 2.17. The maximum atomic E-state index is 14.5. The van der Waals surface area contributed by atoms with E-state index in [-0.39, 0.29) is 24.1 Å². The number of carbonyl (C=O) groups is 1. The Hall–Kier alpha value is -1.56. The maximum absolute atomic E-state index is 14.5. The largest absolute Gasteiger partial charge is 0.324 e. The molecule has 0 radical (unpaired) electrons. The third kappa shape index (κ3) is 5.21. The topological polar surface area (TPSA) is 41.1 Å². The van der Waals surface area contributed by atoms with Crippen molar-refractivity contribution < 1.29 is 9.18 Å². The van der Waals surface area contributed by atoms with E-state index in [0.29, 0.717) is 30.8 Å².